The molecule has 0 N–H and O–H groups in total. The number of hydrogen-bond acceptors (Lipinski definition) is 2. The highest BCUT2D eigenvalue weighted by atomic mass is 15.3. The second-order valence-electron chi connectivity index (χ2n) is 6.77. The topological polar surface area (TPSA) is 6.48 Å². The van der Waals surface area contributed by atoms with Crippen LogP contribution in [0, 0.1) is 11.8 Å². The Morgan fingerprint density at radius 3 is 2.71 bits per heavy atom. The first-order valence-electron chi connectivity index (χ1n) is 7.70. The van der Waals surface area contributed by atoms with E-state index in [-0.39, 0.29) is 0 Å². The van der Waals surface area contributed by atoms with Crippen LogP contribution in [0.15, 0.2) is 0 Å². The summed E-state index contributed by atoms with van der Waals surface area (Å²) in [5, 5.41) is 0. The molecule has 4 atom stereocenters. The Kier molecular flexibility index (Phi) is 3.20. The van der Waals surface area contributed by atoms with Gasteiger partial charge in [-0.05, 0) is 37.6 Å². The van der Waals surface area contributed by atoms with Crippen molar-refractivity contribution in [2.24, 2.45) is 11.8 Å². The predicted octanol–water partition coefficient (Wildman–Crippen LogP) is 2.59. The van der Waals surface area contributed by atoms with E-state index in [1.165, 1.54) is 45.3 Å². The zero-order valence-electron chi connectivity index (χ0n) is 11.7. The molecule has 2 aliphatic heterocycles. The lowest BCUT2D eigenvalue weighted by atomic mass is 9.97. The summed E-state index contributed by atoms with van der Waals surface area (Å²) in [6.07, 6.45) is 5.75. The monoisotopic (exact) mass is 236 g/mol. The van der Waals surface area contributed by atoms with E-state index in [4.69, 9.17) is 0 Å². The number of nitrogens with zero attached hydrogens (tertiary/aromatic N) is 2. The van der Waals surface area contributed by atoms with E-state index in [9.17, 15) is 0 Å². The summed E-state index contributed by atoms with van der Waals surface area (Å²) in [5.74, 6) is 1.83. The second kappa shape index (κ2) is 4.55. The smallest absolute Gasteiger partial charge is 0.0249 e. The van der Waals surface area contributed by atoms with Crippen LogP contribution >= 0.6 is 0 Å². The maximum absolute atomic E-state index is 2.89. The van der Waals surface area contributed by atoms with Gasteiger partial charge in [-0.25, -0.2) is 0 Å². The summed E-state index contributed by atoms with van der Waals surface area (Å²) in [5.41, 5.74) is 0. The van der Waals surface area contributed by atoms with E-state index in [1.807, 2.05) is 0 Å². The van der Waals surface area contributed by atoms with Gasteiger partial charge in [-0.3, -0.25) is 9.80 Å². The van der Waals surface area contributed by atoms with Crippen molar-refractivity contribution < 1.29 is 0 Å². The molecule has 0 aromatic carbocycles. The van der Waals surface area contributed by atoms with Gasteiger partial charge < -0.3 is 0 Å². The molecule has 0 amide bonds. The van der Waals surface area contributed by atoms with Crippen molar-refractivity contribution >= 4 is 0 Å². The fourth-order valence-electron chi connectivity index (χ4n) is 4.12. The zero-order valence-corrected chi connectivity index (χ0v) is 11.7. The van der Waals surface area contributed by atoms with E-state index in [0.717, 1.165) is 30.0 Å². The van der Waals surface area contributed by atoms with Crippen molar-refractivity contribution in [1.29, 1.82) is 0 Å². The van der Waals surface area contributed by atoms with Gasteiger partial charge >= 0.3 is 0 Å². The first-order chi connectivity index (χ1) is 8.20. The summed E-state index contributed by atoms with van der Waals surface area (Å²) in [4.78, 5) is 5.66. The van der Waals surface area contributed by atoms with E-state index in [1.54, 1.807) is 0 Å². The highest BCUT2D eigenvalue weighted by Crippen LogP contribution is 2.42. The van der Waals surface area contributed by atoms with Crippen LogP contribution in [-0.4, -0.2) is 47.6 Å². The van der Waals surface area contributed by atoms with Gasteiger partial charge in [0.05, 0.1) is 0 Å². The Labute approximate surface area is 106 Å². The van der Waals surface area contributed by atoms with E-state index in [2.05, 4.69) is 30.6 Å². The predicted molar refractivity (Wildman–Crippen MR) is 72.1 cm³/mol. The SMILES string of the molecule is CCC1CC1N1CC2CCCN2CC1C(C)C. The summed E-state index contributed by atoms with van der Waals surface area (Å²) >= 11 is 0. The lowest BCUT2D eigenvalue weighted by molar-refractivity contribution is 0.0202. The number of hydrogen-bond donors (Lipinski definition) is 0. The molecule has 1 aliphatic carbocycles. The summed E-state index contributed by atoms with van der Waals surface area (Å²) in [7, 11) is 0. The van der Waals surface area contributed by atoms with Crippen LogP contribution in [0.2, 0.25) is 0 Å². The fourth-order valence-corrected chi connectivity index (χ4v) is 4.12. The van der Waals surface area contributed by atoms with Crippen LogP contribution in [-0.2, 0) is 0 Å². The first kappa shape index (κ1) is 12.0. The largest absolute Gasteiger partial charge is 0.298 e. The van der Waals surface area contributed by atoms with Crippen LogP contribution < -0.4 is 0 Å². The van der Waals surface area contributed by atoms with Gasteiger partial charge in [-0.2, -0.15) is 0 Å². The Morgan fingerprint density at radius 1 is 1.24 bits per heavy atom. The van der Waals surface area contributed by atoms with Crippen LogP contribution in [0.4, 0.5) is 0 Å². The Hall–Kier alpha value is -0.0800. The van der Waals surface area contributed by atoms with Crippen molar-refractivity contribution in [3.8, 4) is 0 Å². The van der Waals surface area contributed by atoms with Gasteiger partial charge in [-0.15, -0.1) is 0 Å². The third kappa shape index (κ3) is 2.15. The minimum atomic E-state index is 0.814. The minimum absolute atomic E-state index is 0.814. The molecular formula is C15H28N2. The molecule has 1 saturated carbocycles. The molecule has 0 radical (unpaired) electrons. The van der Waals surface area contributed by atoms with Gasteiger partial charge in [0, 0.05) is 31.2 Å². The Bertz CT molecular complexity index is 276. The van der Waals surface area contributed by atoms with Crippen LogP contribution in [0.25, 0.3) is 0 Å². The van der Waals surface area contributed by atoms with Crippen molar-refractivity contribution in [3.05, 3.63) is 0 Å². The number of rotatable bonds is 3. The molecule has 3 rings (SSSR count). The van der Waals surface area contributed by atoms with Crippen LogP contribution in [0.1, 0.15) is 46.5 Å². The van der Waals surface area contributed by atoms with Crippen LogP contribution in [0.5, 0.6) is 0 Å². The molecule has 2 heteroatoms. The number of fused-ring (bicyclic) bond motifs is 1. The molecule has 0 spiro atoms. The van der Waals surface area contributed by atoms with Gasteiger partial charge in [0.25, 0.3) is 0 Å². The van der Waals surface area contributed by atoms with Crippen molar-refractivity contribution in [3.63, 3.8) is 0 Å². The van der Waals surface area contributed by atoms with Gasteiger partial charge in [0.2, 0.25) is 0 Å². The standard InChI is InChI=1S/C15H28N2/c1-4-12-8-14(12)17-9-13-6-5-7-16(13)10-15(17)11(2)3/h11-15H,4-10H2,1-3H3. The fraction of sp³-hybridized carbons (Fsp3) is 1.00. The summed E-state index contributed by atoms with van der Waals surface area (Å²) in [6.45, 7) is 11.3. The molecule has 4 unspecified atom stereocenters. The third-order valence-corrected chi connectivity index (χ3v) is 5.37. The molecule has 0 bridgehead atoms. The maximum Gasteiger partial charge on any atom is 0.0249 e. The van der Waals surface area contributed by atoms with Crippen LogP contribution in [0.3, 0.4) is 0 Å². The first-order valence-corrected chi connectivity index (χ1v) is 7.70. The van der Waals surface area contributed by atoms with Crippen molar-refractivity contribution in [2.75, 3.05) is 19.6 Å². The molecule has 0 aromatic rings. The lowest BCUT2D eigenvalue weighted by Gasteiger charge is -2.46. The second-order valence-corrected chi connectivity index (χ2v) is 6.77. The third-order valence-electron chi connectivity index (χ3n) is 5.37. The molecule has 0 aromatic heterocycles. The molecule has 2 heterocycles. The zero-order chi connectivity index (χ0) is 12.0. The molecule has 98 valence electrons. The maximum atomic E-state index is 2.89. The lowest BCUT2D eigenvalue weighted by Crippen LogP contribution is -2.58. The average molecular weight is 236 g/mol. The van der Waals surface area contributed by atoms with Crippen molar-refractivity contribution in [2.45, 2.75) is 64.6 Å². The number of piperazine rings is 1. The van der Waals surface area contributed by atoms with Gasteiger partial charge in [0.1, 0.15) is 0 Å². The van der Waals surface area contributed by atoms with Gasteiger partial charge in [-0.1, -0.05) is 27.2 Å². The average Bonchev–Trinajstić information content (AvgIpc) is 2.96. The molecule has 17 heavy (non-hydrogen) atoms. The molecule has 2 saturated heterocycles. The van der Waals surface area contributed by atoms with E-state index < -0.39 is 0 Å². The van der Waals surface area contributed by atoms with E-state index in [0.29, 0.717) is 0 Å². The Balaban J connectivity index is 1.71. The molecule has 2 nitrogen and oxygen atoms in total. The highest BCUT2D eigenvalue weighted by molar-refractivity contribution is 5.02. The highest BCUT2D eigenvalue weighted by Gasteiger charge is 2.47. The molecular weight excluding hydrogens is 208 g/mol. The minimum Gasteiger partial charge on any atom is -0.298 e. The normalized spacial score (nSPS) is 43.1. The Morgan fingerprint density at radius 2 is 2.06 bits per heavy atom. The summed E-state index contributed by atoms with van der Waals surface area (Å²) in [6, 6.07) is 2.66. The molecule has 3 fully saturated rings. The van der Waals surface area contributed by atoms with Gasteiger partial charge in [0.15, 0.2) is 0 Å². The summed E-state index contributed by atoms with van der Waals surface area (Å²) < 4.78 is 0. The molecule has 3 aliphatic rings. The van der Waals surface area contributed by atoms with Crippen molar-refractivity contribution in [1.82, 2.24) is 9.80 Å². The van der Waals surface area contributed by atoms with E-state index >= 15 is 0 Å². The quantitative estimate of drug-likeness (QED) is 0.743.